The highest BCUT2D eigenvalue weighted by molar-refractivity contribution is 5.94. The number of hydrogen-bond donors (Lipinski definition) is 1. The van der Waals surface area contributed by atoms with Gasteiger partial charge in [-0.25, -0.2) is 4.98 Å². The number of aromatic nitrogens is 2. The Balaban J connectivity index is 1.45. The van der Waals surface area contributed by atoms with E-state index in [4.69, 9.17) is 14.5 Å². The lowest BCUT2D eigenvalue weighted by molar-refractivity contribution is -0.133. The second-order valence-corrected chi connectivity index (χ2v) is 8.98. The zero-order valence-corrected chi connectivity index (χ0v) is 20.8. The molecular formula is C27H34N4O4. The van der Waals surface area contributed by atoms with Crippen LogP contribution in [-0.4, -0.2) is 60.1 Å². The van der Waals surface area contributed by atoms with E-state index in [1.165, 1.54) is 26.4 Å². The average Bonchev–Trinajstić information content (AvgIpc) is 3.25. The van der Waals surface area contributed by atoms with Crippen molar-refractivity contribution in [1.29, 1.82) is 0 Å². The Kier molecular flexibility index (Phi) is 7.90. The number of benzene rings is 2. The molecule has 0 radical (unpaired) electrons. The minimum absolute atomic E-state index is 0.0932. The van der Waals surface area contributed by atoms with E-state index >= 15 is 0 Å². The monoisotopic (exact) mass is 478 g/mol. The van der Waals surface area contributed by atoms with Crippen LogP contribution in [0.3, 0.4) is 0 Å². The fraction of sp³-hybridized carbons (Fsp3) is 0.444. The first kappa shape index (κ1) is 24.6. The Morgan fingerprint density at radius 2 is 1.80 bits per heavy atom. The maximum absolute atomic E-state index is 13.2. The lowest BCUT2D eigenvalue weighted by Crippen LogP contribution is -2.40. The van der Waals surface area contributed by atoms with E-state index in [0.717, 1.165) is 29.7 Å². The van der Waals surface area contributed by atoms with Crippen LogP contribution in [0, 0.1) is 0 Å². The van der Waals surface area contributed by atoms with Gasteiger partial charge >= 0.3 is 0 Å². The van der Waals surface area contributed by atoms with Gasteiger partial charge in [0.25, 0.3) is 5.91 Å². The zero-order chi connectivity index (χ0) is 24.8. The molecule has 0 atom stereocenters. The fourth-order valence-corrected chi connectivity index (χ4v) is 4.78. The summed E-state index contributed by atoms with van der Waals surface area (Å²) in [5.74, 6) is 1.74. The molecule has 1 N–H and O–H groups in total. The minimum atomic E-state index is -0.207. The molecule has 0 saturated heterocycles. The molecule has 1 fully saturated rings. The van der Waals surface area contributed by atoms with Crippen LogP contribution < -0.4 is 14.8 Å². The van der Waals surface area contributed by atoms with Crippen molar-refractivity contribution in [2.45, 2.75) is 51.1 Å². The molecule has 0 unspecified atom stereocenters. The second-order valence-electron chi connectivity index (χ2n) is 8.98. The molecule has 1 aliphatic rings. The molecule has 2 aromatic carbocycles. The van der Waals surface area contributed by atoms with E-state index in [1.807, 2.05) is 40.8 Å². The lowest BCUT2D eigenvalue weighted by atomic mass is 9.94. The van der Waals surface area contributed by atoms with Gasteiger partial charge in [-0.2, -0.15) is 0 Å². The highest BCUT2D eigenvalue weighted by Gasteiger charge is 2.23. The van der Waals surface area contributed by atoms with E-state index in [9.17, 15) is 9.59 Å². The van der Waals surface area contributed by atoms with Gasteiger partial charge in [-0.15, -0.1) is 0 Å². The van der Waals surface area contributed by atoms with Crippen LogP contribution >= 0.6 is 0 Å². The molecular weight excluding hydrogens is 444 g/mol. The molecule has 186 valence electrons. The van der Waals surface area contributed by atoms with E-state index in [-0.39, 0.29) is 18.4 Å². The van der Waals surface area contributed by atoms with Crippen molar-refractivity contribution >= 4 is 22.8 Å². The molecule has 4 rings (SSSR count). The van der Waals surface area contributed by atoms with Crippen LogP contribution in [0.4, 0.5) is 0 Å². The first-order valence-electron chi connectivity index (χ1n) is 12.2. The number of nitrogens with zero attached hydrogens (tertiary/aromatic N) is 3. The molecule has 1 heterocycles. The molecule has 3 aromatic rings. The molecule has 2 amide bonds. The summed E-state index contributed by atoms with van der Waals surface area (Å²) in [4.78, 5) is 32.6. The topological polar surface area (TPSA) is 85.7 Å². The average molecular weight is 479 g/mol. The van der Waals surface area contributed by atoms with Crippen LogP contribution in [0.5, 0.6) is 11.5 Å². The van der Waals surface area contributed by atoms with Gasteiger partial charge in [-0.1, -0.05) is 31.4 Å². The van der Waals surface area contributed by atoms with Crippen molar-refractivity contribution < 1.29 is 19.1 Å². The highest BCUT2D eigenvalue weighted by atomic mass is 16.5. The van der Waals surface area contributed by atoms with Crippen molar-refractivity contribution in [3.8, 4) is 11.5 Å². The Labute approximate surface area is 206 Å². The van der Waals surface area contributed by atoms with Gasteiger partial charge < -0.3 is 24.3 Å². The number of para-hydroxylation sites is 2. The Morgan fingerprint density at radius 3 is 2.54 bits per heavy atom. The van der Waals surface area contributed by atoms with Gasteiger partial charge in [-0.05, 0) is 43.2 Å². The minimum Gasteiger partial charge on any atom is -0.493 e. The number of methoxy groups -OCH3 is 2. The Bertz CT molecular complexity index is 1180. The number of imidazole rings is 1. The molecule has 1 saturated carbocycles. The molecule has 8 nitrogen and oxygen atoms in total. The SMILES string of the molecule is COc1ccc(C(=O)NCCc2nc3ccccc3n2CC(=O)N(C)C2CCCCC2)cc1OC. The number of nitrogens with one attached hydrogen (secondary N) is 1. The number of hydrogen-bond acceptors (Lipinski definition) is 5. The van der Waals surface area contributed by atoms with E-state index in [2.05, 4.69) is 5.32 Å². The predicted molar refractivity (Wildman–Crippen MR) is 135 cm³/mol. The van der Waals surface area contributed by atoms with Crippen LogP contribution in [0.2, 0.25) is 0 Å². The molecule has 1 aliphatic carbocycles. The van der Waals surface area contributed by atoms with Crippen LogP contribution in [0.15, 0.2) is 42.5 Å². The summed E-state index contributed by atoms with van der Waals surface area (Å²) >= 11 is 0. The second kappa shape index (κ2) is 11.3. The van der Waals surface area contributed by atoms with E-state index < -0.39 is 0 Å². The number of rotatable bonds is 9. The van der Waals surface area contributed by atoms with Gasteiger partial charge in [0.1, 0.15) is 12.4 Å². The summed E-state index contributed by atoms with van der Waals surface area (Å²) in [7, 11) is 5.01. The summed E-state index contributed by atoms with van der Waals surface area (Å²) in [6.07, 6.45) is 6.27. The summed E-state index contributed by atoms with van der Waals surface area (Å²) < 4.78 is 12.5. The molecule has 0 aliphatic heterocycles. The van der Waals surface area contributed by atoms with Crippen LogP contribution in [0.25, 0.3) is 11.0 Å². The predicted octanol–water partition coefficient (Wildman–Crippen LogP) is 3.82. The summed E-state index contributed by atoms with van der Waals surface area (Å²) in [6.45, 7) is 0.635. The third-order valence-electron chi connectivity index (χ3n) is 6.82. The van der Waals surface area contributed by atoms with Crippen molar-refractivity contribution in [2.75, 3.05) is 27.8 Å². The summed E-state index contributed by atoms with van der Waals surface area (Å²) in [6, 6.07) is 13.2. The maximum Gasteiger partial charge on any atom is 0.251 e. The van der Waals surface area contributed by atoms with Crippen molar-refractivity contribution in [3.05, 3.63) is 53.9 Å². The van der Waals surface area contributed by atoms with E-state index in [1.54, 1.807) is 25.3 Å². The van der Waals surface area contributed by atoms with Gasteiger partial charge in [0, 0.05) is 31.6 Å². The smallest absolute Gasteiger partial charge is 0.251 e. The third-order valence-corrected chi connectivity index (χ3v) is 6.82. The zero-order valence-electron chi connectivity index (χ0n) is 20.8. The number of likely N-dealkylation sites (N-methyl/N-ethyl adjacent to an activating group) is 1. The Hall–Kier alpha value is -3.55. The van der Waals surface area contributed by atoms with Crippen LogP contribution in [-0.2, 0) is 17.8 Å². The van der Waals surface area contributed by atoms with Crippen molar-refractivity contribution in [2.24, 2.45) is 0 Å². The molecule has 1 aromatic heterocycles. The number of carbonyl (C=O) groups is 2. The normalized spacial score (nSPS) is 14.0. The molecule has 8 heteroatoms. The van der Waals surface area contributed by atoms with Gasteiger partial charge in [0.05, 0.1) is 25.3 Å². The van der Waals surface area contributed by atoms with Gasteiger partial charge in [0.2, 0.25) is 5.91 Å². The summed E-state index contributed by atoms with van der Waals surface area (Å²) in [5, 5.41) is 2.95. The molecule has 0 spiro atoms. The van der Waals surface area contributed by atoms with Crippen molar-refractivity contribution in [1.82, 2.24) is 19.8 Å². The number of amides is 2. The van der Waals surface area contributed by atoms with Crippen molar-refractivity contribution in [3.63, 3.8) is 0 Å². The molecule has 35 heavy (non-hydrogen) atoms. The van der Waals surface area contributed by atoms with E-state index in [0.29, 0.717) is 36.1 Å². The van der Waals surface area contributed by atoms with Gasteiger partial charge in [-0.3, -0.25) is 9.59 Å². The number of carbonyl (C=O) groups excluding carboxylic acids is 2. The maximum atomic E-state index is 13.2. The Morgan fingerprint density at radius 1 is 1.06 bits per heavy atom. The number of ether oxygens (including phenoxy) is 2. The fourth-order valence-electron chi connectivity index (χ4n) is 4.78. The molecule has 0 bridgehead atoms. The van der Waals surface area contributed by atoms with Crippen LogP contribution in [0.1, 0.15) is 48.3 Å². The first-order valence-corrected chi connectivity index (χ1v) is 12.2. The summed E-state index contributed by atoms with van der Waals surface area (Å²) in [5.41, 5.74) is 2.27. The highest BCUT2D eigenvalue weighted by Crippen LogP contribution is 2.27. The lowest BCUT2D eigenvalue weighted by Gasteiger charge is -2.31. The standard InChI is InChI=1S/C27H34N4O4/c1-30(20-9-5-4-6-10-20)26(32)18-31-22-12-8-7-11-21(22)29-25(31)15-16-28-27(33)19-13-14-23(34-2)24(17-19)35-3/h7-8,11-14,17,20H,4-6,9-10,15-16,18H2,1-3H3,(H,28,33). The quantitative estimate of drug-likeness (QED) is 0.505. The largest absolute Gasteiger partial charge is 0.493 e. The third kappa shape index (κ3) is 5.58. The van der Waals surface area contributed by atoms with Gasteiger partial charge in [0.15, 0.2) is 11.5 Å². The number of fused-ring (bicyclic) bond motifs is 1. The first-order chi connectivity index (χ1) is 17.0.